The zero-order chi connectivity index (χ0) is 20.4. The van der Waals surface area contributed by atoms with Crippen LogP contribution in [0.25, 0.3) is 0 Å². The van der Waals surface area contributed by atoms with Gasteiger partial charge in [-0.1, -0.05) is 24.6 Å². The number of nitrogens with one attached hydrogen (secondary N) is 2. The number of aliphatic imine (C=N–C) groups is 1. The van der Waals surface area contributed by atoms with Crippen LogP contribution in [-0.2, 0) is 6.42 Å². The smallest absolute Gasteiger partial charge is 0.191 e. The monoisotopic (exact) mass is 389 g/mol. The van der Waals surface area contributed by atoms with Crippen LogP contribution in [-0.4, -0.2) is 82.3 Å². The van der Waals surface area contributed by atoms with Gasteiger partial charge in [-0.25, -0.2) is 0 Å². The normalized spacial score (nSPS) is 17.4. The molecule has 1 aromatic carbocycles. The standard InChI is InChI=1S/C22H39N5O/c1-6-23-22(24-10-9-20-15-18(2)7-8-21(20)28-5)25-16-19(3)17-27-13-11-26(4)12-14-27/h7-8,15,19H,6,9-14,16-17H2,1-5H3,(H2,23,24,25). The molecule has 0 saturated carbocycles. The number of piperazine rings is 1. The van der Waals surface area contributed by atoms with Crippen LogP contribution in [0.15, 0.2) is 23.2 Å². The third-order valence-corrected chi connectivity index (χ3v) is 5.19. The first kappa shape index (κ1) is 22.5. The Morgan fingerprint density at radius 2 is 1.96 bits per heavy atom. The van der Waals surface area contributed by atoms with Crippen molar-refractivity contribution >= 4 is 5.96 Å². The molecule has 1 aliphatic heterocycles. The fourth-order valence-corrected chi connectivity index (χ4v) is 3.54. The minimum absolute atomic E-state index is 0.552. The van der Waals surface area contributed by atoms with Crippen molar-refractivity contribution in [2.24, 2.45) is 10.9 Å². The molecule has 0 aliphatic carbocycles. The summed E-state index contributed by atoms with van der Waals surface area (Å²) in [5, 5.41) is 6.83. The van der Waals surface area contributed by atoms with Crippen LogP contribution in [0.1, 0.15) is 25.0 Å². The molecule has 28 heavy (non-hydrogen) atoms. The molecule has 1 saturated heterocycles. The van der Waals surface area contributed by atoms with Crippen molar-refractivity contribution in [2.45, 2.75) is 27.2 Å². The van der Waals surface area contributed by atoms with Crippen LogP contribution in [0.5, 0.6) is 5.75 Å². The summed E-state index contributed by atoms with van der Waals surface area (Å²) in [6.07, 6.45) is 0.909. The van der Waals surface area contributed by atoms with Crippen LogP contribution in [0.3, 0.4) is 0 Å². The molecule has 0 bridgehead atoms. The fourth-order valence-electron chi connectivity index (χ4n) is 3.54. The van der Waals surface area contributed by atoms with Gasteiger partial charge in [-0.05, 0) is 44.9 Å². The molecule has 1 unspecified atom stereocenters. The van der Waals surface area contributed by atoms with Gasteiger partial charge in [0.25, 0.3) is 0 Å². The van der Waals surface area contributed by atoms with Crippen molar-refractivity contribution in [3.05, 3.63) is 29.3 Å². The molecule has 2 rings (SSSR count). The van der Waals surface area contributed by atoms with E-state index in [0.29, 0.717) is 5.92 Å². The Morgan fingerprint density at radius 1 is 1.21 bits per heavy atom. The number of aryl methyl sites for hydroxylation is 1. The van der Waals surface area contributed by atoms with Gasteiger partial charge in [0.2, 0.25) is 0 Å². The Balaban J connectivity index is 1.80. The number of ether oxygens (including phenoxy) is 1. The molecule has 0 amide bonds. The molecule has 1 heterocycles. The van der Waals surface area contributed by atoms with Crippen molar-refractivity contribution in [2.75, 3.05) is 66.5 Å². The molecular weight excluding hydrogens is 350 g/mol. The molecule has 0 aromatic heterocycles. The predicted octanol–water partition coefficient (Wildman–Crippen LogP) is 1.98. The Morgan fingerprint density at radius 3 is 2.64 bits per heavy atom. The second-order valence-electron chi connectivity index (χ2n) is 7.92. The average molecular weight is 390 g/mol. The maximum absolute atomic E-state index is 5.48. The Hall–Kier alpha value is -1.79. The van der Waals surface area contributed by atoms with Crippen molar-refractivity contribution in [3.63, 3.8) is 0 Å². The predicted molar refractivity (Wildman–Crippen MR) is 119 cm³/mol. The van der Waals surface area contributed by atoms with E-state index in [1.807, 2.05) is 6.07 Å². The highest BCUT2D eigenvalue weighted by Gasteiger charge is 2.16. The van der Waals surface area contributed by atoms with Crippen molar-refractivity contribution in [1.29, 1.82) is 0 Å². The molecule has 6 nitrogen and oxygen atoms in total. The fraction of sp³-hybridized carbons (Fsp3) is 0.682. The molecule has 158 valence electrons. The van der Waals surface area contributed by atoms with Gasteiger partial charge in [-0.15, -0.1) is 0 Å². The number of guanidine groups is 1. The van der Waals surface area contributed by atoms with E-state index in [9.17, 15) is 0 Å². The topological polar surface area (TPSA) is 52.1 Å². The van der Waals surface area contributed by atoms with Gasteiger partial charge in [0.05, 0.1) is 7.11 Å². The first-order valence-electron chi connectivity index (χ1n) is 10.6. The quantitative estimate of drug-likeness (QED) is 0.500. The van der Waals surface area contributed by atoms with Gasteiger partial charge in [0.1, 0.15) is 5.75 Å². The van der Waals surface area contributed by atoms with Gasteiger partial charge in [-0.3, -0.25) is 4.99 Å². The van der Waals surface area contributed by atoms with E-state index in [4.69, 9.17) is 9.73 Å². The minimum Gasteiger partial charge on any atom is -0.496 e. The molecule has 6 heteroatoms. The van der Waals surface area contributed by atoms with Crippen LogP contribution < -0.4 is 15.4 Å². The number of hydrogen-bond acceptors (Lipinski definition) is 4. The molecule has 1 atom stereocenters. The highest BCUT2D eigenvalue weighted by molar-refractivity contribution is 5.79. The number of likely N-dealkylation sites (N-methyl/N-ethyl adjacent to an activating group) is 1. The lowest BCUT2D eigenvalue weighted by molar-refractivity contribution is 0.140. The van der Waals surface area contributed by atoms with E-state index in [0.717, 1.165) is 44.3 Å². The highest BCUT2D eigenvalue weighted by atomic mass is 16.5. The maximum Gasteiger partial charge on any atom is 0.191 e. The summed E-state index contributed by atoms with van der Waals surface area (Å²) in [7, 11) is 3.93. The van der Waals surface area contributed by atoms with Crippen molar-refractivity contribution in [1.82, 2.24) is 20.4 Å². The van der Waals surface area contributed by atoms with E-state index in [-0.39, 0.29) is 0 Å². The summed E-state index contributed by atoms with van der Waals surface area (Å²) < 4.78 is 5.48. The van der Waals surface area contributed by atoms with Crippen LogP contribution in [0.2, 0.25) is 0 Å². The number of methoxy groups -OCH3 is 1. The lowest BCUT2D eigenvalue weighted by Gasteiger charge is -2.33. The van der Waals surface area contributed by atoms with Gasteiger partial charge >= 0.3 is 0 Å². The van der Waals surface area contributed by atoms with E-state index in [1.165, 1.54) is 37.3 Å². The summed E-state index contributed by atoms with van der Waals surface area (Å²) in [4.78, 5) is 9.77. The molecule has 1 fully saturated rings. The van der Waals surface area contributed by atoms with Gasteiger partial charge in [-0.2, -0.15) is 0 Å². The summed E-state index contributed by atoms with van der Waals surface area (Å²) in [6, 6.07) is 6.33. The van der Waals surface area contributed by atoms with Gasteiger partial charge in [0, 0.05) is 52.4 Å². The number of hydrogen-bond donors (Lipinski definition) is 2. The minimum atomic E-state index is 0.552. The van der Waals surface area contributed by atoms with Crippen molar-refractivity contribution < 1.29 is 4.74 Å². The summed E-state index contributed by atoms with van der Waals surface area (Å²) in [6.45, 7) is 14.9. The van der Waals surface area contributed by atoms with Crippen LogP contribution in [0, 0.1) is 12.8 Å². The summed E-state index contributed by atoms with van der Waals surface area (Å²) >= 11 is 0. The number of rotatable bonds is 9. The molecule has 0 spiro atoms. The van der Waals surface area contributed by atoms with E-state index >= 15 is 0 Å². The molecule has 0 radical (unpaired) electrons. The molecule has 1 aliphatic rings. The Bertz CT molecular complexity index is 611. The second-order valence-corrected chi connectivity index (χ2v) is 7.92. The van der Waals surface area contributed by atoms with E-state index in [2.05, 4.69) is 60.4 Å². The molecule has 1 aromatic rings. The van der Waals surface area contributed by atoms with Crippen molar-refractivity contribution in [3.8, 4) is 5.75 Å². The Labute approximate surface area is 171 Å². The second kappa shape index (κ2) is 11.9. The maximum atomic E-state index is 5.48. The molecular formula is C22H39N5O. The highest BCUT2D eigenvalue weighted by Crippen LogP contribution is 2.19. The Kier molecular flexibility index (Phi) is 9.58. The summed E-state index contributed by atoms with van der Waals surface area (Å²) in [5.41, 5.74) is 2.49. The van der Waals surface area contributed by atoms with E-state index < -0.39 is 0 Å². The van der Waals surface area contributed by atoms with Crippen LogP contribution in [0.4, 0.5) is 0 Å². The average Bonchev–Trinajstić information content (AvgIpc) is 2.68. The number of nitrogens with zero attached hydrogens (tertiary/aromatic N) is 3. The lowest BCUT2D eigenvalue weighted by atomic mass is 10.1. The SMILES string of the molecule is CCNC(=NCC(C)CN1CCN(C)CC1)NCCc1cc(C)ccc1OC. The van der Waals surface area contributed by atoms with E-state index in [1.54, 1.807) is 7.11 Å². The largest absolute Gasteiger partial charge is 0.496 e. The zero-order valence-corrected chi connectivity index (χ0v) is 18.4. The van der Waals surface area contributed by atoms with Gasteiger partial charge < -0.3 is 25.2 Å². The molecule has 2 N–H and O–H groups in total. The first-order chi connectivity index (χ1) is 13.5. The first-order valence-corrected chi connectivity index (χ1v) is 10.6. The number of benzene rings is 1. The summed E-state index contributed by atoms with van der Waals surface area (Å²) in [5.74, 6) is 2.41. The zero-order valence-electron chi connectivity index (χ0n) is 18.4. The third-order valence-electron chi connectivity index (χ3n) is 5.19. The third kappa shape index (κ3) is 7.68. The van der Waals surface area contributed by atoms with Gasteiger partial charge in [0.15, 0.2) is 5.96 Å². The van der Waals surface area contributed by atoms with Crippen LogP contribution >= 0.6 is 0 Å². The lowest BCUT2D eigenvalue weighted by Crippen LogP contribution is -2.46.